The van der Waals surface area contributed by atoms with E-state index in [0.29, 0.717) is 48.6 Å². The van der Waals surface area contributed by atoms with Crippen molar-refractivity contribution >= 4 is 58.5 Å². The third kappa shape index (κ3) is 11.4. The number of alkyl carbamates (subject to hydrolysis) is 1. The number of aromatic nitrogens is 1. The number of amides is 5. The quantitative estimate of drug-likeness (QED) is 0.0469. The van der Waals surface area contributed by atoms with E-state index in [4.69, 9.17) is 11.5 Å². The van der Waals surface area contributed by atoms with E-state index in [2.05, 4.69) is 41.3 Å². The molecule has 0 fully saturated rings. The van der Waals surface area contributed by atoms with Crippen molar-refractivity contribution < 1.29 is 33.3 Å². The first-order chi connectivity index (χ1) is 25.1. The zero-order chi connectivity index (χ0) is 37.5. The number of ether oxygens (including phenoxy) is 1. The zero-order valence-electron chi connectivity index (χ0n) is 29.2. The van der Waals surface area contributed by atoms with Gasteiger partial charge < -0.3 is 42.8 Å². The van der Waals surface area contributed by atoms with Crippen LogP contribution in [0.4, 0.5) is 21.9 Å². The molecule has 1 aromatic heterocycles. The smallest absolute Gasteiger partial charge is 0.407 e. The summed E-state index contributed by atoms with van der Waals surface area (Å²) >= 11 is 0. The zero-order valence-corrected chi connectivity index (χ0v) is 29.2. The Labute approximate surface area is 301 Å². The first-order valence-electron chi connectivity index (χ1n) is 16.9. The Bertz CT molecular complexity index is 1790. The number of nitrogens with zero attached hydrogens (tertiary/aromatic N) is 3. The van der Waals surface area contributed by atoms with Gasteiger partial charge in [0.25, 0.3) is 11.6 Å². The van der Waals surface area contributed by atoms with Gasteiger partial charge in [-0.05, 0) is 49.6 Å². The molecule has 274 valence electrons. The van der Waals surface area contributed by atoms with Crippen LogP contribution in [0.3, 0.4) is 0 Å². The van der Waals surface area contributed by atoms with Crippen LogP contribution >= 0.6 is 0 Å². The molecule has 16 nitrogen and oxygen atoms in total. The summed E-state index contributed by atoms with van der Waals surface area (Å²) in [7, 11) is 1.19. The first kappa shape index (κ1) is 38.5. The molecule has 0 bridgehead atoms. The van der Waals surface area contributed by atoms with Crippen molar-refractivity contribution in [3.8, 4) is 0 Å². The fourth-order valence-corrected chi connectivity index (χ4v) is 5.38. The number of hydrogen-bond donors (Lipinski definition) is 7. The van der Waals surface area contributed by atoms with Gasteiger partial charge in [-0.1, -0.05) is 50.1 Å². The minimum atomic E-state index is -0.999. The SMILES string of the molecule is CCCC[C@@H](NC(=O)OC)C(=O)NCC(=O)N[C@@H](CCCN=C(N)N)C(=O)Nc1ccc(N=C2C(=O)Nc3ccc[n+](Cc4ccccc4)c32)cc1. The average Bonchev–Trinajstić information content (AvgIpc) is 3.46. The molecule has 52 heavy (non-hydrogen) atoms. The lowest BCUT2D eigenvalue weighted by atomic mass is 10.1. The molecule has 1 aliphatic heterocycles. The second-order valence-corrected chi connectivity index (χ2v) is 12.0. The monoisotopic (exact) mass is 713 g/mol. The van der Waals surface area contributed by atoms with Crippen LogP contribution in [0, 0.1) is 0 Å². The molecule has 3 aromatic rings. The van der Waals surface area contributed by atoms with E-state index in [1.807, 2.05) is 60.2 Å². The standard InChI is InChI=1S/C36H44N10O6/c1-3-4-12-27(45-36(51)52-2)32(48)40-21-29(47)43-28(13-8-19-39-35(37)38)33(49)42-25-17-15-24(16-18-25)41-30-31-26(44-34(30)50)14-9-20-46(31)22-23-10-6-5-7-11-23/h5-7,9-11,14-18,20,27-28H,3-4,8,12-13,19,21-22H2,1-2H3,(H8,37,38,39,40,43,44,45,47,48,50,51)/p+1/t27-,28+/m1/s1. The van der Waals surface area contributed by atoms with Gasteiger partial charge in [-0.2, -0.15) is 4.57 Å². The minimum Gasteiger partial charge on any atom is -0.453 e. The highest BCUT2D eigenvalue weighted by Crippen LogP contribution is 2.24. The molecular weight excluding hydrogens is 668 g/mol. The number of hydrogen-bond acceptors (Lipinski definition) is 8. The number of carbonyl (C=O) groups is 5. The fourth-order valence-electron chi connectivity index (χ4n) is 5.38. The van der Waals surface area contributed by atoms with Crippen LogP contribution in [-0.4, -0.2) is 73.7 Å². The molecule has 2 heterocycles. The topological polar surface area (TPSA) is 235 Å². The van der Waals surface area contributed by atoms with E-state index in [1.54, 1.807) is 24.3 Å². The van der Waals surface area contributed by atoms with Crippen molar-refractivity contribution in [2.24, 2.45) is 21.5 Å². The maximum Gasteiger partial charge on any atom is 0.407 e. The summed E-state index contributed by atoms with van der Waals surface area (Å²) in [4.78, 5) is 72.2. The number of benzene rings is 2. The number of fused-ring (bicyclic) bond motifs is 1. The van der Waals surface area contributed by atoms with E-state index in [0.717, 1.165) is 12.0 Å². The van der Waals surface area contributed by atoms with Gasteiger partial charge in [-0.25, -0.2) is 9.79 Å². The molecule has 0 aliphatic carbocycles. The molecule has 0 radical (unpaired) electrons. The number of unbranched alkanes of at least 4 members (excludes halogenated alkanes) is 1. The molecule has 0 saturated heterocycles. The van der Waals surface area contributed by atoms with Gasteiger partial charge in [-0.3, -0.25) is 24.2 Å². The van der Waals surface area contributed by atoms with Gasteiger partial charge in [0.05, 0.1) is 19.3 Å². The molecule has 0 spiro atoms. The number of guanidine groups is 1. The Kier molecular flexibility index (Phi) is 14.2. The molecule has 0 unspecified atom stereocenters. The molecule has 4 rings (SSSR count). The number of carbonyl (C=O) groups excluding carboxylic acids is 5. The number of nitrogens with one attached hydrogen (secondary N) is 5. The lowest BCUT2D eigenvalue weighted by Gasteiger charge is -2.20. The van der Waals surface area contributed by atoms with Gasteiger partial charge >= 0.3 is 6.09 Å². The summed E-state index contributed by atoms with van der Waals surface area (Å²) in [5, 5.41) is 13.3. The van der Waals surface area contributed by atoms with Crippen LogP contribution in [0.15, 0.2) is 82.9 Å². The molecule has 0 saturated carbocycles. The molecule has 16 heteroatoms. The van der Waals surface area contributed by atoms with E-state index in [-0.39, 0.29) is 30.5 Å². The van der Waals surface area contributed by atoms with Crippen LogP contribution in [-0.2, 0) is 30.5 Å². The summed E-state index contributed by atoms with van der Waals surface area (Å²) in [6, 6.07) is 18.3. The van der Waals surface area contributed by atoms with Crippen LogP contribution in [0.1, 0.15) is 50.3 Å². The fraction of sp³-hybridized carbons (Fsp3) is 0.333. The number of rotatable bonds is 17. The van der Waals surface area contributed by atoms with Gasteiger partial charge in [0.15, 0.2) is 18.7 Å². The van der Waals surface area contributed by atoms with E-state index in [1.165, 1.54) is 7.11 Å². The Hall–Kier alpha value is -6.32. The Balaban J connectivity index is 1.42. The largest absolute Gasteiger partial charge is 0.453 e. The second kappa shape index (κ2) is 19.2. The minimum absolute atomic E-state index is 0.0980. The van der Waals surface area contributed by atoms with Crippen LogP contribution in [0.25, 0.3) is 0 Å². The van der Waals surface area contributed by atoms with Crippen molar-refractivity contribution in [1.29, 1.82) is 0 Å². The highest BCUT2D eigenvalue weighted by molar-refractivity contribution is 6.53. The molecule has 9 N–H and O–H groups in total. The summed E-state index contributed by atoms with van der Waals surface area (Å²) in [5.41, 5.74) is 14.4. The lowest BCUT2D eigenvalue weighted by Crippen LogP contribution is -2.51. The van der Waals surface area contributed by atoms with E-state index in [9.17, 15) is 24.0 Å². The highest BCUT2D eigenvalue weighted by Gasteiger charge is 2.35. The molecule has 1 aliphatic rings. The van der Waals surface area contributed by atoms with Crippen LogP contribution in [0.2, 0.25) is 0 Å². The average molecular weight is 714 g/mol. The Morgan fingerprint density at radius 2 is 1.62 bits per heavy atom. The maximum atomic E-state index is 13.4. The van der Waals surface area contributed by atoms with Gasteiger partial charge in [0.2, 0.25) is 23.4 Å². The first-order valence-corrected chi connectivity index (χ1v) is 16.9. The summed E-state index contributed by atoms with van der Waals surface area (Å²) in [6.45, 7) is 2.29. The predicted molar refractivity (Wildman–Crippen MR) is 196 cm³/mol. The number of methoxy groups -OCH3 is 1. The van der Waals surface area contributed by atoms with E-state index < -0.39 is 42.4 Å². The van der Waals surface area contributed by atoms with Gasteiger partial charge in [-0.15, -0.1) is 0 Å². The number of anilines is 2. The highest BCUT2D eigenvalue weighted by atomic mass is 16.5. The van der Waals surface area contributed by atoms with Crippen LogP contribution < -0.4 is 42.6 Å². The third-order valence-electron chi connectivity index (χ3n) is 7.99. The second-order valence-electron chi connectivity index (χ2n) is 12.0. The molecule has 5 amide bonds. The summed E-state index contributed by atoms with van der Waals surface area (Å²) in [6.07, 6.45) is 3.51. The summed E-state index contributed by atoms with van der Waals surface area (Å²) in [5.74, 6) is -2.11. The third-order valence-corrected chi connectivity index (χ3v) is 7.99. The number of pyridine rings is 1. The van der Waals surface area contributed by atoms with Crippen LogP contribution in [0.5, 0.6) is 0 Å². The van der Waals surface area contributed by atoms with Crippen molar-refractivity contribution in [3.63, 3.8) is 0 Å². The number of nitrogens with two attached hydrogens (primary N) is 2. The van der Waals surface area contributed by atoms with Crippen molar-refractivity contribution in [2.75, 3.05) is 30.8 Å². The molecule has 2 aromatic carbocycles. The predicted octanol–water partition coefficient (Wildman–Crippen LogP) is 1.60. The van der Waals surface area contributed by atoms with Crippen molar-refractivity contribution in [2.45, 2.75) is 57.7 Å². The lowest BCUT2D eigenvalue weighted by molar-refractivity contribution is -0.688. The molecule has 2 atom stereocenters. The maximum absolute atomic E-state index is 13.4. The van der Waals surface area contributed by atoms with Crippen molar-refractivity contribution in [3.05, 3.63) is 84.2 Å². The van der Waals surface area contributed by atoms with E-state index >= 15 is 0 Å². The summed E-state index contributed by atoms with van der Waals surface area (Å²) < 4.78 is 6.56. The van der Waals surface area contributed by atoms with Gasteiger partial charge in [0.1, 0.15) is 17.8 Å². The van der Waals surface area contributed by atoms with Gasteiger partial charge in [0, 0.05) is 23.9 Å². The van der Waals surface area contributed by atoms with Crippen molar-refractivity contribution in [1.82, 2.24) is 16.0 Å². The number of aliphatic imine (C=N–C) groups is 2. The molecular formula is C36H45N10O6+. The Morgan fingerprint density at radius 1 is 0.904 bits per heavy atom. The Morgan fingerprint density at radius 3 is 2.31 bits per heavy atom. The normalized spacial score (nSPS) is 13.6.